The van der Waals surface area contributed by atoms with E-state index in [4.69, 9.17) is 15.2 Å². The Labute approximate surface area is 252 Å². The topological polar surface area (TPSA) is 123 Å². The molecule has 0 heterocycles. The number of allylic oxidation sites excluding steroid dienone is 1. The lowest BCUT2D eigenvalue weighted by atomic mass is 9.99. The number of hydrogen-bond donors (Lipinski definition) is 4. The van der Waals surface area contributed by atoms with E-state index in [2.05, 4.69) is 33.2 Å². The Bertz CT molecular complexity index is 1540. The van der Waals surface area contributed by atoms with E-state index < -0.39 is 18.3 Å². The SMILES string of the molecule is CCO[C@H](CC/C=C/C(=O)Nc1ccccc1N)[C@H](OC(=O)Nc1cccc2ccccc12)c1cc(I)ccc1O. The van der Waals surface area contributed by atoms with Crippen LogP contribution in [0.1, 0.15) is 31.4 Å². The quantitative estimate of drug-likeness (QED) is 0.0753. The number of nitrogens with one attached hydrogen (secondary N) is 2. The predicted molar refractivity (Wildman–Crippen MR) is 171 cm³/mol. The molecule has 9 heteroatoms. The summed E-state index contributed by atoms with van der Waals surface area (Å²) in [5.41, 5.74) is 7.96. The minimum atomic E-state index is -0.911. The maximum Gasteiger partial charge on any atom is 0.412 e. The summed E-state index contributed by atoms with van der Waals surface area (Å²) in [6.45, 7) is 2.21. The number of phenolic OH excluding ortho intramolecular Hbond substituents is 1. The van der Waals surface area contributed by atoms with Gasteiger partial charge in [0.05, 0.1) is 23.2 Å². The van der Waals surface area contributed by atoms with Gasteiger partial charge in [-0.25, -0.2) is 4.79 Å². The van der Waals surface area contributed by atoms with Gasteiger partial charge in [-0.15, -0.1) is 0 Å². The Kier molecular flexibility index (Phi) is 10.6. The first kappa shape index (κ1) is 29.9. The van der Waals surface area contributed by atoms with Crippen LogP contribution in [0.15, 0.2) is 97.1 Å². The summed E-state index contributed by atoms with van der Waals surface area (Å²) in [6.07, 6.45) is 1.85. The van der Waals surface area contributed by atoms with Gasteiger partial charge in [-0.1, -0.05) is 54.6 Å². The molecule has 2 amide bonds. The highest BCUT2D eigenvalue weighted by Crippen LogP contribution is 2.35. The average molecular weight is 666 g/mol. The number of benzene rings is 4. The molecule has 0 spiro atoms. The first-order valence-corrected chi connectivity index (χ1v) is 14.3. The van der Waals surface area contributed by atoms with Crippen LogP contribution in [0, 0.1) is 3.57 Å². The van der Waals surface area contributed by atoms with Gasteiger partial charge in [0.2, 0.25) is 5.91 Å². The van der Waals surface area contributed by atoms with Crippen molar-refractivity contribution in [2.75, 3.05) is 23.0 Å². The van der Waals surface area contributed by atoms with Crippen molar-refractivity contribution in [2.45, 2.75) is 32.0 Å². The van der Waals surface area contributed by atoms with Crippen molar-refractivity contribution in [3.8, 4) is 5.75 Å². The zero-order valence-electron chi connectivity index (χ0n) is 22.5. The van der Waals surface area contributed by atoms with Crippen molar-refractivity contribution in [1.29, 1.82) is 0 Å². The summed E-state index contributed by atoms with van der Waals surface area (Å²) in [5.74, 6) is -0.318. The number of ether oxygens (including phenoxy) is 2. The molecule has 0 unspecified atom stereocenters. The highest BCUT2D eigenvalue weighted by Gasteiger charge is 2.30. The number of nitrogens with two attached hydrogens (primary N) is 1. The minimum Gasteiger partial charge on any atom is -0.508 e. The number of fused-ring (bicyclic) bond motifs is 1. The first-order valence-electron chi connectivity index (χ1n) is 13.2. The van der Waals surface area contributed by atoms with Crippen LogP contribution < -0.4 is 16.4 Å². The van der Waals surface area contributed by atoms with E-state index in [0.717, 1.165) is 14.3 Å². The fraction of sp³-hybridized carbons (Fsp3) is 0.188. The van der Waals surface area contributed by atoms with E-state index in [1.54, 1.807) is 54.6 Å². The van der Waals surface area contributed by atoms with Gasteiger partial charge in [0.25, 0.3) is 0 Å². The Morgan fingerprint density at radius 1 is 0.976 bits per heavy atom. The van der Waals surface area contributed by atoms with Crippen molar-refractivity contribution in [3.63, 3.8) is 0 Å². The standard InChI is InChI=1S/C32H32IN3O5/c1-2-40-29(16-7-8-17-30(38)35-27-14-6-5-13-25(27)34)31(24-20-22(33)18-19-28(24)37)41-32(39)36-26-15-9-11-21-10-3-4-12-23(21)26/h3-6,8-15,17-20,29,31,37H,2,7,16,34H2,1H3,(H,35,38)(H,36,39)/b17-8+/t29-,31-/m1/s1. The molecule has 8 nitrogen and oxygen atoms in total. The van der Waals surface area contributed by atoms with E-state index >= 15 is 0 Å². The normalized spacial score (nSPS) is 12.6. The maximum atomic E-state index is 13.2. The van der Waals surface area contributed by atoms with Gasteiger partial charge in [-0.3, -0.25) is 10.1 Å². The van der Waals surface area contributed by atoms with E-state index in [-0.39, 0.29) is 11.7 Å². The number of para-hydroxylation sites is 2. The van der Waals surface area contributed by atoms with Crippen LogP contribution >= 0.6 is 22.6 Å². The van der Waals surface area contributed by atoms with Crippen LogP contribution in [0.25, 0.3) is 10.8 Å². The summed E-state index contributed by atoms with van der Waals surface area (Å²) in [5, 5.41) is 18.2. The van der Waals surface area contributed by atoms with E-state index in [1.165, 1.54) is 6.08 Å². The molecular formula is C32H32IN3O5. The molecular weight excluding hydrogens is 633 g/mol. The third-order valence-corrected chi connectivity index (χ3v) is 7.05. The summed E-state index contributed by atoms with van der Waals surface area (Å²) in [6, 6.07) is 25.5. The monoisotopic (exact) mass is 665 g/mol. The average Bonchev–Trinajstić information content (AvgIpc) is 2.96. The Hall–Kier alpha value is -4.09. The van der Waals surface area contributed by atoms with Crippen molar-refractivity contribution in [1.82, 2.24) is 0 Å². The third-order valence-electron chi connectivity index (χ3n) is 6.38. The van der Waals surface area contributed by atoms with Crippen molar-refractivity contribution < 1.29 is 24.2 Å². The molecule has 4 aromatic carbocycles. The van der Waals surface area contributed by atoms with Crippen LogP contribution in [0.5, 0.6) is 5.75 Å². The number of amides is 2. The number of rotatable bonds is 11. The van der Waals surface area contributed by atoms with Gasteiger partial charge < -0.3 is 25.6 Å². The fourth-order valence-corrected chi connectivity index (χ4v) is 4.97. The van der Waals surface area contributed by atoms with E-state index in [9.17, 15) is 14.7 Å². The number of carbonyl (C=O) groups excluding carboxylic acids is 2. The molecule has 0 aliphatic heterocycles. The lowest BCUT2D eigenvalue weighted by Gasteiger charge is -2.28. The van der Waals surface area contributed by atoms with Gasteiger partial charge >= 0.3 is 6.09 Å². The second-order valence-corrected chi connectivity index (χ2v) is 10.5. The summed E-state index contributed by atoms with van der Waals surface area (Å²) >= 11 is 2.14. The van der Waals surface area contributed by atoms with Crippen LogP contribution in [0.4, 0.5) is 21.9 Å². The molecule has 0 bridgehead atoms. The summed E-state index contributed by atoms with van der Waals surface area (Å²) < 4.78 is 12.8. The van der Waals surface area contributed by atoms with Crippen molar-refractivity contribution in [2.24, 2.45) is 0 Å². The second kappa shape index (κ2) is 14.5. The van der Waals surface area contributed by atoms with Crippen LogP contribution in [-0.2, 0) is 14.3 Å². The van der Waals surface area contributed by atoms with E-state index in [1.807, 2.05) is 43.3 Å². The maximum absolute atomic E-state index is 13.2. The lowest BCUT2D eigenvalue weighted by molar-refractivity contribution is -0.111. The number of hydrogen-bond acceptors (Lipinski definition) is 6. The molecule has 5 N–H and O–H groups in total. The van der Waals surface area contributed by atoms with E-state index in [0.29, 0.717) is 42.1 Å². The minimum absolute atomic E-state index is 0.00607. The molecule has 0 fully saturated rings. The highest BCUT2D eigenvalue weighted by molar-refractivity contribution is 14.1. The third kappa shape index (κ3) is 8.21. The number of carbonyl (C=O) groups is 2. The van der Waals surface area contributed by atoms with Crippen molar-refractivity contribution in [3.05, 3.63) is 106 Å². The molecule has 0 aromatic heterocycles. The number of halogens is 1. The molecule has 4 aromatic rings. The zero-order chi connectivity index (χ0) is 29.2. The van der Waals surface area contributed by atoms with Gasteiger partial charge in [0, 0.05) is 21.1 Å². The summed E-state index contributed by atoms with van der Waals surface area (Å²) in [7, 11) is 0. The largest absolute Gasteiger partial charge is 0.508 e. The van der Waals surface area contributed by atoms with Crippen LogP contribution in [-0.4, -0.2) is 29.8 Å². The Balaban J connectivity index is 1.50. The molecule has 2 atom stereocenters. The fourth-order valence-electron chi connectivity index (χ4n) is 4.45. The smallest absolute Gasteiger partial charge is 0.412 e. The highest BCUT2D eigenvalue weighted by atomic mass is 127. The van der Waals surface area contributed by atoms with Crippen molar-refractivity contribution >= 4 is 62.4 Å². The molecule has 0 aliphatic carbocycles. The number of phenols is 1. The molecule has 0 saturated carbocycles. The molecule has 41 heavy (non-hydrogen) atoms. The molecule has 0 saturated heterocycles. The first-order chi connectivity index (χ1) is 19.9. The zero-order valence-corrected chi connectivity index (χ0v) is 24.7. The molecule has 0 aliphatic rings. The molecule has 4 rings (SSSR count). The lowest BCUT2D eigenvalue weighted by Crippen LogP contribution is -2.29. The van der Waals surface area contributed by atoms with Gasteiger partial charge in [0.15, 0.2) is 6.10 Å². The second-order valence-electron chi connectivity index (χ2n) is 9.23. The van der Waals surface area contributed by atoms with Gasteiger partial charge in [-0.2, -0.15) is 0 Å². The van der Waals surface area contributed by atoms with Crippen LogP contribution in [0.3, 0.4) is 0 Å². The predicted octanol–water partition coefficient (Wildman–Crippen LogP) is 7.40. The number of nitrogen functional groups attached to an aromatic ring is 1. The Morgan fingerprint density at radius 2 is 1.71 bits per heavy atom. The van der Waals surface area contributed by atoms with Gasteiger partial charge in [-0.05, 0) is 90.2 Å². The summed E-state index contributed by atoms with van der Waals surface area (Å²) in [4.78, 5) is 25.6. The molecule has 0 radical (unpaired) electrons. The van der Waals surface area contributed by atoms with Crippen LogP contribution in [0.2, 0.25) is 0 Å². The van der Waals surface area contributed by atoms with Gasteiger partial charge in [0.1, 0.15) is 5.75 Å². The Morgan fingerprint density at radius 3 is 2.51 bits per heavy atom. The number of aromatic hydroxyl groups is 1. The number of anilines is 3. The molecule has 212 valence electrons.